The predicted molar refractivity (Wildman–Crippen MR) is 142 cm³/mol. The zero-order chi connectivity index (χ0) is 26.2. The van der Waals surface area contributed by atoms with E-state index >= 15 is 0 Å². The van der Waals surface area contributed by atoms with Crippen LogP contribution in [0.15, 0.2) is 72.8 Å². The van der Waals surface area contributed by atoms with Crippen molar-refractivity contribution >= 4 is 29.1 Å². The first-order valence-corrected chi connectivity index (χ1v) is 12.3. The third-order valence-electron chi connectivity index (χ3n) is 6.31. The van der Waals surface area contributed by atoms with Crippen molar-refractivity contribution in [2.24, 2.45) is 5.92 Å². The Hall–Kier alpha value is -4.33. The maximum Gasteiger partial charge on any atom is 0.262 e. The SMILES string of the molecule is CCc1ccc(NC(=O)COc2ccc(N3C[C@@H](C(=O)NCc4ccccc4OC)CC3=O)cc2)cc1. The van der Waals surface area contributed by atoms with Gasteiger partial charge in [0.15, 0.2) is 6.61 Å². The summed E-state index contributed by atoms with van der Waals surface area (Å²) in [6, 6.07) is 22.1. The van der Waals surface area contributed by atoms with Crippen molar-refractivity contribution in [3.05, 3.63) is 83.9 Å². The molecule has 1 heterocycles. The number of anilines is 2. The normalized spacial score (nSPS) is 14.8. The lowest BCUT2D eigenvalue weighted by molar-refractivity contribution is -0.126. The Morgan fingerprint density at radius 2 is 1.73 bits per heavy atom. The molecule has 0 radical (unpaired) electrons. The van der Waals surface area contributed by atoms with Gasteiger partial charge in [0, 0.05) is 36.4 Å². The van der Waals surface area contributed by atoms with E-state index in [4.69, 9.17) is 9.47 Å². The number of hydrogen-bond acceptors (Lipinski definition) is 5. The lowest BCUT2D eigenvalue weighted by atomic mass is 10.1. The Bertz CT molecular complexity index is 1240. The van der Waals surface area contributed by atoms with Crippen LogP contribution in [0.2, 0.25) is 0 Å². The molecule has 1 aliphatic rings. The summed E-state index contributed by atoms with van der Waals surface area (Å²) in [5.41, 5.74) is 3.47. The van der Waals surface area contributed by atoms with Gasteiger partial charge in [-0.25, -0.2) is 0 Å². The number of carbonyl (C=O) groups excluding carboxylic acids is 3. The summed E-state index contributed by atoms with van der Waals surface area (Å²) in [5.74, 6) is 0.241. The minimum atomic E-state index is -0.437. The third-order valence-corrected chi connectivity index (χ3v) is 6.31. The van der Waals surface area contributed by atoms with Crippen molar-refractivity contribution in [1.82, 2.24) is 5.32 Å². The topological polar surface area (TPSA) is 97.0 Å². The third kappa shape index (κ3) is 6.67. The van der Waals surface area contributed by atoms with Gasteiger partial charge in [0.1, 0.15) is 11.5 Å². The molecule has 1 fully saturated rings. The molecule has 0 aromatic heterocycles. The molecular weight excluding hydrogens is 470 g/mol. The molecule has 3 aromatic carbocycles. The largest absolute Gasteiger partial charge is 0.496 e. The van der Waals surface area contributed by atoms with Crippen LogP contribution in [0.25, 0.3) is 0 Å². The number of hydrogen-bond donors (Lipinski definition) is 2. The maximum atomic E-state index is 12.7. The lowest BCUT2D eigenvalue weighted by Crippen LogP contribution is -2.32. The zero-order valence-corrected chi connectivity index (χ0v) is 21.0. The van der Waals surface area contributed by atoms with Crippen LogP contribution in [0.4, 0.5) is 11.4 Å². The van der Waals surface area contributed by atoms with Gasteiger partial charge < -0.3 is 25.0 Å². The predicted octanol–water partition coefficient (Wildman–Crippen LogP) is 3.94. The highest BCUT2D eigenvalue weighted by molar-refractivity contribution is 6.00. The molecule has 3 aromatic rings. The van der Waals surface area contributed by atoms with Gasteiger partial charge in [-0.2, -0.15) is 0 Å². The van der Waals surface area contributed by atoms with Gasteiger partial charge in [-0.05, 0) is 54.4 Å². The number of rotatable bonds is 10. The van der Waals surface area contributed by atoms with Crippen LogP contribution in [-0.4, -0.2) is 38.0 Å². The number of carbonyl (C=O) groups is 3. The molecule has 2 N–H and O–H groups in total. The molecule has 8 heteroatoms. The summed E-state index contributed by atoms with van der Waals surface area (Å²) in [6.07, 6.45) is 1.09. The molecule has 1 atom stereocenters. The fourth-order valence-electron chi connectivity index (χ4n) is 4.20. The van der Waals surface area contributed by atoms with Gasteiger partial charge >= 0.3 is 0 Å². The second kappa shape index (κ2) is 12.1. The molecule has 0 unspecified atom stereocenters. The summed E-state index contributed by atoms with van der Waals surface area (Å²) in [6.45, 7) is 2.58. The first-order chi connectivity index (χ1) is 18.0. The van der Waals surface area contributed by atoms with Crippen molar-refractivity contribution in [3.8, 4) is 11.5 Å². The lowest BCUT2D eigenvalue weighted by Gasteiger charge is -2.17. The van der Waals surface area contributed by atoms with Crippen LogP contribution in [0.1, 0.15) is 24.5 Å². The van der Waals surface area contributed by atoms with Crippen molar-refractivity contribution in [2.75, 3.05) is 30.5 Å². The van der Waals surface area contributed by atoms with Crippen LogP contribution < -0.4 is 25.0 Å². The monoisotopic (exact) mass is 501 g/mol. The molecule has 1 saturated heterocycles. The van der Waals surface area contributed by atoms with Crippen LogP contribution in [0, 0.1) is 5.92 Å². The number of para-hydroxylation sites is 1. The van der Waals surface area contributed by atoms with E-state index in [9.17, 15) is 14.4 Å². The summed E-state index contributed by atoms with van der Waals surface area (Å²) in [4.78, 5) is 39.1. The Labute approximate surface area is 216 Å². The van der Waals surface area contributed by atoms with Gasteiger partial charge in [-0.1, -0.05) is 37.3 Å². The van der Waals surface area contributed by atoms with Crippen molar-refractivity contribution < 1.29 is 23.9 Å². The quantitative estimate of drug-likeness (QED) is 0.439. The summed E-state index contributed by atoms with van der Waals surface area (Å²) in [7, 11) is 1.59. The molecule has 0 saturated carbocycles. The highest BCUT2D eigenvalue weighted by Gasteiger charge is 2.35. The molecule has 1 aliphatic heterocycles. The first-order valence-electron chi connectivity index (χ1n) is 12.3. The number of benzene rings is 3. The molecular formula is C29H31N3O5. The van der Waals surface area contributed by atoms with E-state index in [0.717, 1.165) is 17.7 Å². The van der Waals surface area contributed by atoms with E-state index < -0.39 is 5.92 Å². The first kappa shape index (κ1) is 25.8. The summed E-state index contributed by atoms with van der Waals surface area (Å²) < 4.78 is 10.9. The molecule has 0 spiro atoms. The molecule has 37 heavy (non-hydrogen) atoms. The Kier molecular flexibility index (Phi) is 8.40. The van der Waals surface area contributed by atoms with E-state index in [1.54, 1.807) is 36.3 Å². The number of amides is 3. The van der Waals surface area contributed by atoms with Crippen LogP contribution >= 0.6 is 0 Å². The van der Waals surface area contributed by atoms with E-state index in [-0.39, 0.29) is 30.7 Å². The van der Waals surface area contributed by atoms with E-state index in [1.165, 1.54) is 5.56 Å². The number of aryl methyl sites for hydroxylation is 1. The fraction of sp³-hybridized carbons (Fsp3) is 0.276. The maximum absolute atomic E-state index is 12.7. The van der Waals surface area contributed by atoms with Gasteiger partial charge in [0.05, 0.1) is 13.0 Å². The molecule has 192 valence electrons. The summed E-state index contributed by atoms with van der Waals surface area (Å²) in [5, 5.41) is 5.72. The Balaban J connectivity index is 1.26. The van der Waals surface area contributed by atoms with Crippen molar-refractivity contribution in [3.63, 3.8) is 0 Å². The molecule has 3 amide bonds. The number of methoxy groups -OCH3 is 1. The fourth-order valence-corrected chi connectivity index (χ4v) is 4.20. The Morgan fingerprint density at radius 3 is 2.43 bits per heavy atom. The van der Waals surface area contributed by atoms with Crippen LogP contribution in [0.5, 0.6) is 11.5 Å². The highest BCUT2D eigenvalue weighted by atomic mass is 16.5. The molecule has 4 rings (SSSR count). The molecule has 8 nitrogen and oxygen atoms in total. The molecule has 0 bridgehead atoms. The van der Waals surface area contributed by atoms with Gasteiger partial charge in [0.2, 0.25) is 11.8 Å². The standard InChI is InChI=1S/C29H31N3O5/c1-3-20-8-10-23(11-9-20)31-27(33)19-37-25-14-12-24(13-15-25)32-18-22(16-28(32)34)29(35)30-17-21-6-4-5-7-26(21)36-2/h4-15,22H,3,16-19H2,1-2H3,(H,30,35)(H,31,33)/t22-/m0/s1. The van der Waals surface area contributed by atoms with Crippen molar-refractivity contribution in [1.29, 1.82) is 0 Å². The second-order valence-electron chi connectivity index (χ2n) is 8.82. The smallest absolute Gasteiger partial charge is 0.262 e. The number of ether oxygens (including phenoxy) is 2. The number of nitrogens with one attached hydrogen (secondary N) is 2. The molecule has 0 aliphatic carbocycles. The van der Waals surface area contributed by atoms with Gasteiger partial charge in [-0.3, -0.25) is 14.4 Å². The second-order valence-corrected chi connectivity index (χ2v) is 8.82. The summed E-state index contributed by atoms with van der Waals surface area (Å²) >= 11 is 0. The zero-order valence-electron chi connectivity index (χ0n) is 21.0. The van der Waals surface area contributed by atoms with Crippen LogP contribution in [-0.2, 0) is 27.3 Å². The van der Waals surface area contributed by atoms with Crippen molar-refractivity contribution in [2.45, 2.75) is 26.3 Å². The average Bonchev–Trinajstić information content (AvgIpc) is 3.33. The minimum Gasteiger partial charge on any atom is -0.496 e. The van der Waals surface area contributed by atoms with E-state index in [1.807, 2.05) is 48.5 Å². The highest BCUT2D eigenvalue weighted by Crippen LogP contribution is 2.27. The van der Waals surface area contributed by atoms with E-state index in [0.29, 0.717) is 30.3 Å². The van der Waals surface area contributed by atoms with Gasteiger partial charge in [-0.15, -0.1) is 0 Å². The minimum absolute atomic E-state index is 0.112. The number of nitrogens with zero attached hydrogens (tertiary/aromatic N) is 1. The van der Waals surface area contributed by atoms with Gasteiger partial charge in [0.25, 0.3) is 5.91 Å². The van der Waals surface area contributed by atoms with Crippen LogP contribution in [0.3, 0.4) is 0 Å². The average molecular weight is 502 g/mol. The van der Waals surface area contributed by atoms with E-state index in [2.05, 4.69) is 17.6 Å². The Morgan fingerprint density at radius 1 is 1.00 bits per heavy atom.